The second-order valence-corrected chi connectivity index (χ2v) is 6.29. The predicted octanol–water partition coefficient (Wildman–Crippen LogP) is 1.40. The van der Waals surface area contributed by atoms with Gasteiger partial charge in [-0.05, 0) is 25.1 Å². The van der Waals surface area contributed by atoms with Gasteiger partial charge >= 0.3 is 0 Å². The highest BCUT2D eigenvalue weighted by molar-refractivity contribution is 7.89. The summed E-state index contributed by atoms with van der Waals surface area (Å²) in [6, 6.07) is 3.15. The van der Waals surface area contributed by atoms with Gasteiger partial charge in [0.1, 0.15) is 0 Å². The lowest BCUT2D eigenvalue weighted by atomic mass is 10.3. The number of nitrogens with one attached hydrogen (secondary N) is 1. The lowest BCUT2D eigenvalue weighted by Crippen LogP contribution is -2.35. The Morgan fingerprint density at radius 1 is 1.48 bits per heavy atom. The van der Waals surface area contributed by atoms with Gasteiger partial charge < -0.3 is 9.30 Å². The number of nitrogens with zero attached hydrogens (tertiary/aromatic N) is 2. The van der Waals surface area contributed by atoms with Crippen molar-refractivity contribution in [3.8, 4) is 5.75 Å². The lowest BCUT2D eigenvalue weighted by Gasteiger charge is -2.15. The summed E-state index contributed by atoms with van der Waals surface area (Å²) >= 11 is 0. The predicted molar refractivity (Wildman–Crippen MR) is 75.0 cm³/mol. The number of hydrogen-bond donors (Lipinski definition) is 1. The van der Waals surface area contributed by atoms with Crippen LogP contribution in [0.4, 0.5) is 4.39 Å². The van der Waals surface area contributed by atoms with Gasteiger partial charge in [-0.3, -0.25) is 0 Å². The van der Waals surface area contributed by atoms with Gasteiger partial charge in [0.2, 0.25) is 10.0 Å². The van der Waals surface area contributed by atoms with Gasteiger partial charge in [-0.1, -0.05) is 0 Å². The van der Waals surface area contributed by atoms with E-state index < -0.39 is 15.8 Å². The van der Waals surface area contributed by atoms with E-state index in [1.807, 2.05) is 0 Å². The highest BCUT2D eigenvalue weighted by Crippen LogP contribution is 2.20. The van der Waals surface area contributed by atoms with Crippen molar-refractivity contribution in [3.63, 3.8) is 0 Å². The Labute approximate surface area is 122 Å². The first kappa shape index (κ1) is 15.5. The highest BCUT2D eigenvalue weighted by Gasteiger charge is 2.19. The Morgan fingerprint density at radius 3 is 2.81 bits per heavy atom. The summed E-state index contributed by atoms with van der Waals surface area (Å²) in [5, 5.41) is 0. The number of halogens is 1. The normalized spacial score (nSPS) is 13.1. The van der Waals surface area contributed by atoms with E-state index in [1.54, 1.807) is 30.2 Å². The van der Waals surface area contributed by atoms with Crippen LogP contribution < -0.4 is 9.46 Å². The van der Waals surface area contributed by atoms with Gasteiger partial charge in [0, 0.05) is 25.0 Å². The zero-order valence-corrected chi connectivity index (χ0v) is 12.5. The average molecular weight is 313 g/mol. The molecule has 0 aliphatic rings. The van der Waals surface area contributed by atoms with Gasteiger partial charge in [-0.15, -0.1) is 0 Å². The van der Waals surface area contributed by atoms with E-state index in [4.69, 9.17) is 4.74 Å². The molecule has 2 rings (SSSR count). The lowest BCUT2D eigenvalue weighted by molar-refractivity contribution is 0.385. The molecule has 0 bridgehead atoms. The van der Waals surface area contributed by atoms with Crippen molar-refractivity contribution in [1.29, 1.82) is 0 Å². The summed E-state index contributed by atoms with van der Waals surface area (Å²) in [5.74, 6) is -0.719. The third-order valence-electron chi connectivity index (χ3n) is 2.83. The maximum absolute atomic E-state index is 13.6. The van der Waals surface area contributed by atoms with Crippen LogP contribution in [0.1, 0.15) is 6.92 Å². The average Bonchev–Trinajstić information content (AvgIpc) is 2.90. The van der Waals surface area contributed by atoms with Gasteiger partial charge in [-0.25, -0.2) is 22.5 Å². The van der Waals surface area contributed by atoms with Crippen LogP contribution in [0.3, 0.4) is 0 Å². The standard InChI is InChI=1S/C13H16FN3O3S/c1-10(8-17-6-5-15-9-17)16-21(18,19)11-3-4-13(20-2)12(14)7-11/h3-7,9-10,16H,8H2,1-2H3. The van der Waals surface area contributed by atoms with Crippen LogP contribution in [0.5, 0.6) is 5.75 Å². The van der Waals surface area contributed by atoms with E-state index in [-0.39, 0.29) is 16.7 Å². The molecule has 2 aromatic rings. The summed E-state index contributed by atoms with van der Waals surface area (Å²) in [5.41, 5.74) is 0. The van der Waals surface area contributed by atoms with Crippen molar-refractivity contribution in [2.75, 3.05) is 7.11 Å². The molecule has 1 aromatic heterocycles. The first-order valence-electron chi connectivity index (χ1n) is 6.24. The van der Waals surface area contributed by atoms with Crippen LogP contribution in [-0.2, 0) is 16.6 Å². The molecule has 8 heteroatoms. The molecule has 114 valence electrons. The van der Waals surface area contributed by atoms with Crippen LogP contribution in [-0.4, -0.2) is 31.1 Å². The van der Waals surface area contributed by atoms with Crippen molar-refractivity contribution in [3.05, 3.63) is 42.7 Å². The van der Waals surface area contributed by atoms with Gasteiger partial charge in [0.25, 0.3) is 0 Å². The van der Waals surface area contributed by atoms with Crippen molar-refractivity contribution < 1.29 is 17.5 Å². The topological polar surface area (TPSA) is 73.2 Å². The molecule has 0 aliphatic carbocycles. The minimum Gasteiger partial charge on any atom is -0.494 e. The Bertz CT molecular complexity index is 701. The van der Waals surface area contributed by atoms with Crippen LogP contribution in [0, 0.1) is 5.82 Å². The van der Waals surface area contributed by atoms with Crippen molar-refractivity contribution in [2.24, 2.45) is 0 Å². The minimum absolute atomic E-state index is 0.000383. The largest absolute Gasteiger partial charge is 0.494 e. The fraction of sp³-hybridized carbons (Fsp3) is 0.308. The molecule has 0 amide bonds. The van der Waals surface area contributed by atoms with E-state index in [1.165, 1.54) is 19.2 Å². The van der Waals surface area contributed by atoms with E-state index >= 15 is 0 Å². The van der Waals surface area contributed by atoms with Crippen molar-refractivity contribution >= 4 is 10.0 Å². The van der Waals surface area contributed by atoms with E-state index in [9.17, 15) is 12.8 Å². The summed E-state index contributed by atoms with van der Waals surface area (Å²) in [6.07, 6.45) is 4.94. The second-order valence-electron chi connectivity index (χ2n) is 4.58. The number of methoxy groups -OCH3 is 1. The Morgan fingerprint density at radius 2 is 2.24 bits per heavy atom. The molecule has 1 unspecified atom stereocenters. The van der Waals surface area contributed by atoms with E-state index in [0.717, 1.165) is 6.07 Å². The fourth-order valence-electron chi connectivity index (χ4n) is 1.90. The zero-order chi connectivity index (χ0) is 15.5. The molecule has 0 saturated carbocycles. The third kappa shape index (κ3) is 3.79. The SMILES string of the molecule is COc1ccc(S(=O)(=O)NC(C)Cn2ccnc2)cc1F. The molecule has 0 spiro atoms. The van der Waals surface area contributed by atoms with Crippen LogP contribution in [0.15, 0.2) is 41.8 Å². The van der Waals surface area contributed by atoms with E-state index in [0.29, 0.717) is 6.54 Å². The van der Waals surface area contributed by atoms with Crippen molar-refractivity contribution in [2.45, 2.75) is 24.4 Å². The number of sulfonamides is 1. The van der Waals surface area contributed by atoms with Gasteiger partial charge in [0.15, 0.2) is 11.6 Å². The number of ether oxygens (including phenoxy) is 1. The second kappa shape index (κ2) is 6.23. The maximum Gasteiger partial charge on any atom is 0.240 e. The Kier molecular flexibility index (Phi) is 4.59. The van der Waals surface area contributed by atoms with Crippen LogP contribution in [0.2, 0.25) is 0 Å². The molecular weight excluding hydrogens is 297 g/mol. The minimum atomic E-state index is -3.79. The number of aromatic nitrogens is 2. The molecule has 1 atom stereocenters. The van der Waals surface area contributed by atoms with E-state index in [2.05, 4.69) is 9.71 Å². The number of benzene rings is 1. The van der Waals surface area contributed by atoms with Gasteiger partial charge in [-0.2, -0.15) is 0 Å². The molecule has 1 aromatic carbocycles. The molecule has 6 nitrogen and oxygen atoms in total. The summed E-state index contributed by atoms with van der Waals surface area (Å²) in [4.78, 5) is 3.74. The maximum atomic E-state index is 13.6. The quantitative estimate of drug-likeness (QED) is 0.875. The molecule has 0 aliphatic heterocycles. The monoisotopic (exact) mass is 313 g/mol. The van der Waals surface area contributed by atoms with Crippen molar-refractivity contribution in [1.82, 2.24) is 14.3 Å². The van der Waals surface area contributed by atoms with Crippen LogP contribution >= 0.6 is 0 Å². The summed E-state index contributed by atoms with van der Waals surface area (Å²) in [7, 11) is -2.47. The molecular formula is C13H16FN3O3S. The summed E-state index contributed by atoms with van der Waals surface area (Å²) in [6.45, 7) is 2.15. The van der Waals surface area contributed by atoms with Gasteiger partial charge in [0.05, 0.1) is 18.3 Å². The molecule has 0 fully saturated rings. The third-order valence-corrected chi connectivity index (χ3v) is 4.42. The Balaban J connectivity index is 2.12. The molecule has 0 radical (unpaired) electrons. The highest BCUT2D eigenvalue weighted by atomic mass is 32.2. The zero-order valence-electron chi connectivity index (χ0n) is 11.7. The van der Waals surface area contributed by atoms with Crippen LogP contribution in [0.25, 0.3) is 0 Å². The molecule has 0 saturated heterocycles. The summed E-state index contributed by atoms with van der Waals surface area (Å²) < 4.78 is 47.0. The first-order chi connectivity index (χ1) is 9.92. The smallest absolute Gasteiger partial charge is 0.240 e. The molecule has 21 heavy (non-hydrogen) atoms. The number of rotatable bonds is 6. The molecule has 1 heterocycles. The first-order valence-corrected chi connectivity index (χ1v) is 7.72. The Hall–Kier alpha value is -1.93. The number of hydrogen-bond acceptors (Lipinski definition) is 4. The molecule has 1 N–H and O–H groups in total. The fourth-order valence-corrected chi connectivity index (χ4v) is 3.14. The number of imidazole rings is 1.